The van der Waals surface area contributed by atoms with E-state index in [0.29, 0.717) is 29.3 Å². The highest BCUT2D eigenvalue weighted by Gasteiger charge is 2.33. The van der Waals surface area contributed by atoms with Crippen LogP contribution >= 0.6 is 23.1 Å². The predicted molar refractivity (Wildman–Crippen MR) is 99.5 cm³/mol. The molecule has 0 saturated heterocycles. The van der Waals surface area contributed by atoms with E-state index in [2.05, 4.69) is 26.9 Å². The number of thiazole rings is 1. The SMILES string of the molecule is CCNC(=NCCc1nc(C(F)(F)F)cs1)NC1CCCC(SC)C1. The summed E-state index contributed by atoms with van der Waals surface area (Å²) in [6.45, 7) is 3.16. The number of nitrogens with one attached hydrogen (secondary N) is 2. The predicted octanol–water partition coefficient (Wildman–Crippen LogP) is 3.93. The number of hydrogen-bond donors (Lipinski definition) is 2. The Morgan fingerprint density at radius 1 is 1.44 bits per heavy atom. The van der Waals surface area contributed by atoms with Gasteiger partial charge >= 0.3 is 6.18 Å². The molecular weight excluding hydrogens is 369 g/mol. The topological polar surface area (TPSA) is 49.3 Å². The molecule has 2 atom stereocenters. The van der Waals surface area contributed by atoms with Crippen LogP contribution in [-0.4, -0.2) is 41.6 Å². The third-order valence-electron chi connectivity index (χ3n) is 4.08. The van der Waals surface area contributed by atoms with Crippen molar-refractivity contribution in [3.8, 4) is 0 Å². The van der Waals surface area contributed by atoms with E-state index in [1.807, 2.05) is 18.7 Å². The molecule has 9 heteroatoms. The van der Waals surface area contributed by atoms with Gasteiger partial charge in [-0.15, -0.1) is 11.3 Å². The first-order chi connectivity index (χ1) is 11.9. The Hall–Kier alpha value is -0.960. The smallest absolute Gasteiger partial charge is 0.357 e. The highest BCUT2D eigenvalue weighted by molar-refractivity contribution is 7.99. The van der Waals surface area contributed by atoms with Crippen molar-refractivity contribution in [1.29, 1.82) is 0 Å². The fraction of sp³-hybridized carbons (Fsp3) is 0.750. The largest absolute Gasteiger partial charge is 0.434 e. The van der Waals surface area contributed by atoms with Gasteiger partial charge in [0.25, 0.3) is 0 Å². The van der Waals surface area contributed by atoms with Crippen LogP contribution in [0, 0.1) is 0 Å². The van der Waals surface area contributed by atoms with Crippen LogP contribution in [0.5, 0.6) is 0 Å². The lowest BCUT2D eigenvalue weighted by molar-refractivity contribution is -0.140. The van der Waals surface area contributed by atoms with E-state index in [1.54, 1.807) is 0 Å². The Balaban J connectivity index is 1.87. The fourth-order valence-electron chi connectivity index (χ4n) is 2.82. The van der Waals surface area contributed by atoms with E-state index in [0.717, 1.165) is 42.1 Å². The molecule has 1 fully saturated rings. The van der Waals surface area contributed by atoms with Gasteiger partial charge in [-0.25, -0.2) is 4.98 Å². The number of thioether (sulfide) groups is 1. The molecule has 1 heterocycles. The van der Waals surface area contributed by atoms with Crippen molar-refractivity contribution >= 4 is 29.1 Å². The summed E-state index contributed by atoms with van der Waals surface area (Å²) < 4.78 is 37.7. The van der Waals surface area contributed by atoms with Crippen molar-refractivity contribution in [1.82, 2.24) is 15.6 Å². The molecule has 2 rings (SSSR count). The zero-order chi connectivity index (χ0) is 18.3. The van der Waals surface area contributed by atoms with Crippen LogP contribution in [0.2, 0.25) is 0 Å². The molecule has 1 saturated carbocycles. The lowest BCUT2D eigenvalue weighted by atomic mass is 9.95. The Morgan fingerprint density at radius 2 is 2.24 bits per heavy atom. The van der Waals surface area contributed by atoms with E-state index >= 15 is 0 Å². The zero-order valence-corrected chi connectivity index (χ0v) is 16.2. The zero-order valence-electron chi connectivity index (χ0n) is 14.5. The lowest BCUT2D eigenvalue weighted by Crippen LogP contribution is -2.45. The Bertz CT molecular complexity index is 560. The summed E-state index contributed by atoms with van der Waals surface area (Å²) in [7, 11) is 0. The molecule has 0 radical (unpaired) electrons. The molecule has 4 nitrogen and oxygen atoms in total. The van der Waals surface area contributed by atoms with Gasteiger partial charge in [-0.05, 0) is 32.4 Å². The van der Waals surface area contributed by atoms with Crippen LogP contribution in [0.15, 0.2) is 10.4 Å². The summed E-state index contributed by atoms with van der Waals surface area (Å²) in [5.41, 5.74) is -0.813. The Kier molecular flexibility index (Phi) is 7.86. The number of nitrogens with zero attached hydrogens (tertiary/aromatic N) is 2. The first-order valence-electron chi connectivity index (χ1n) is 8.51. The molecule has 0 spiro atoms. The van der Waals surface area contributed by atoms with Crippen LogP contribution in [0.1, 0.15) is 43.3 Å². The van der Waals surface area contributed by atoms with Crippen molar-refractivity contribution in [3.63, 3.8) is 0 Å². The Labute approximate surface area is 155 Å². The van der Waals surface area contributed by atoms with E-state index in [4.69, 9.17) is 0 Å². The summed E-state index contributed by atoms with van der Waals surface area (Å²) in [5.74, 6) is 0.738. The molecule has 1 aliphatic rings. The summed E-state index contributed by atoms with van der Waals surface area (Å²) in [6.07, 6.45) is 2.91. The second-order valence-corrected chi connectivity index (χ2v) is 8.08. The second kappa shape index (κ2) is 9.66. The van der Waals surface area contributed by atoms with Crippen LogP contribution in [0.3, 0.4) is 0 Å². The molecule has 0 aliphatic heterocycles. The highest BCUT2D eigenvalue weighted by Crippen LogP contribution is 2.30. The van der Waals surface area contributed by atoms with Gasteiger partial charge in [0, 0.05) is 36.2 Å². The van der Waals surface area contributed by atoms with Crippen molar-refractivity contribution in [2.45, 2.75) is 56.5 Å². The van der Waals surface area contributed by atoms with E-state index in [9.17, 15) is 13.2 Å². The van der Waals surface area contributed by atoms with E-state index < -0.39 is 11.9 Å². The van der Waals surface area contributed by atoms with Crippen molar-refractivity contribution in [2.75, 3.05) is 19.3 Å². The number of alkyl halides is 3. The van der Waals surface area contributed by atoms with Crippen LogP contribution in [-0.2, 0) is 12.6 Å². The number of halogens is 3. The minimum absolute atomic E-state index is 0.403. The molecule has 0 aromatic carbocycles. The lowest BCUT2D eigenvalue weighted by Gasteiger charge is -2.29. The summed E-state index contributed by atoms with van der Waals surface area (Å²) in [4.78, 5) is 8.14. The monoisotopic (exact) mass is 394 g/mol. The molecule has 25 heavy (non-hydrogen) atoms. The molecule has 2 unspecified atom stereocenters. The number of aliphatic imine (C=N–C) groups is 1. The van der Waals surface area contributed by atoms with Crippen molar-refractivity contribution in [3.05, 3.63) is 16.1 Å². The number of hydrogen-bond acceptors (Lipinski definition) is 4. The van der Waals surface area contributed by atoms with Gasteiger partial charge in [-0.1, -0.05) is 6.42 Å². The van der Waals surface area contributed by atoms with Crippen LogP contribution in [0.4, 0.5) is 13.2 Å². The molecule has 2 N–H and O–H groups in total. The molecule has 1 aliphatic carbocycles. The van der Waals surface area contributed by atoms with E-state index in [-0.39, 0.29) is 0 Å². The van der Waals surface area contributed by atoms with Gasteiger partial charge in [0.15, 0.2) is 11.7 Å². The normalized spacial score (nSPS) is 22.0. The summed E-state index contributed by atoms with van der Waals surface area (Å²) in [5, 5.41) is 8.89. The molecule has 0 bridgehead atoms. The highest BCUT2D eigenvalue weighted by atomic mass is 32.2. The first kappa shape index (κ1) is 20.4. The van der Waals surface area contributed by atoms with Gasteiger partial charge in [0.2, 0.25) is 0 Å². The second-order valence-electron chi connectivity index (χ2n) is 6.00. The third-order valence-corrected chi connectivity index (χ3v) is 6.09. The van der Waals surface area contributed by atoms with E-state index in [1.165, 1.54) is 12.8 Å². The molecule has 142 valence electrons. The molecular formula is C16H25F3N4S2. The van der Waals surface area contributed by atoms with Gasteiger partial charge in [-0.2, -0.15) is 24.9 Å². The number of aromatic nitrogens is 1. The number of guanidine groups is 1. The number of rotatable bonds is 6. The standard InChI is InChI=1S/C16H25F3N4S2/c1-3-20-15(22-11-5-4-6-12(9-11)24-2)21-8-7-14-23-13(10-25-14)16(17,18)19/h10-12H,3-9H2,1-2H3,(H2,20,21,22). The Morgan fingerprint density at radius 3 is 2.88 bits per heavy atom. The minimum atomic E-state index is -4.37. The maximum Gasteiger partial charge on any atom is 0.434 e. The quantitative estimate of drug-likeness (QED) is 0.567. The fourth-order valence-corrected chi connectivity index (χ4v) is 4.44. The minimum Gasteiger partial charge on any atom is -0.357 e. The average molecular weight is 395 g/mol. The van der Waals surface area contributed by atoms with Gasteiger partial charge in [-0.3, -0.25) is 4.99 Å². The summed E-state index contributed by atoms with van der Waals surface area (Å²) in [6, 6.07) is 0.403. The third kappa shape index (κ3) is 6.69. The van der Waals surface area contributed by atoms with Crippen LogP contribution < -0.4 is 10.6 Å². The first-order valence-corrected chi connectivity index (χ1v) is 10.7. The van der Waals surface area contributed by atoms with Crippen LogP contribution in [0.25, 0.3) is 0 Å². The van der Waals surface area contributed by atoms with Gasteiger partial charge in [0.1, 0.15) is 0 Å². The average Bonchev–Trinajstić information content (AvgIpc) is 3.04. The van der Waals surface area contributed by atoms with Gasteiger partial charge < -0.3 is 10.6 Å². The maximum absolute atomic E-state index is 12.6. The van der Waals surface area contributed by atoms with Gasteiger partial charge in [0.05, 0.1) is 5.01 Å². The molecule has 1 aromatic rings. The van der Waals surface area contributed by atoms with Crippen molar-refractivity contribution in [2.24, 2.45) is 4.99 Å². The summed E-state index contributed by atoms with van der Waals surface area (Å²) >= 11 is 2.95. The maximum atomic E-state index is 12.6. The molecule has 0 amide bonds. The molecule has 1 aromatic heterocycles. The van der Waals surface area contributed by atoms with Crippen molar-refractivity contribution < 1.29 is 13.2 Å².